The van der Waals surface area contributed by atoms with Crippen LogP contribution in [0.1, 0.15) is 57.6 Å². The molecule has 7 heteroatoms. The maximum absolute atomic E-state index is 11.9. The summed E-state index contributed by atoms with van der Waals surface area (Å²) in [5.74, 6) is -0.317. The highest BCUT2D eigenvalue weighted by Crippen LogP contribution is 2.37. The topological polar surface area (TPSA) is 91.3 Å². The van der Waals surface area contributed by atoms with Crippen molar-refractivity contribution in [3.8, 4) is 0 Å². The molecule has 2 amide bonds. The SMILES string of the molecule is CC(C)(CCC(=O)O)NC(=O)Nc1nc(C2CCC2)cs1. The largest absolute Gasteiger partial charge is 0.481 e. The van der Waals surface area contributed by atoms with E-state index in [1.165, 1.54) is 30.6 Å². The van der Waals surface area contributed by atoms with Gasteiger partial charge in [-0.3, -0.25) is 10.1 Å². The highest BCUT2D eigenvalue weighted by Gasteiger charge is 2.24. The molecule has 0 aliphatic heterocycles. The van der Waals surface area contributed by atoms with Gasteiger partial charge in [-0.1, -0.05) is 6.42 Å². The van der Waals surface area contributed by atoms with Crippen LogP contribution in [0.2, 0.25) is 0 Å². The van der Waals surface area contributed by atoms with Gasteiger partial charge < -0.3 is 10.4 Å². The standard InChI is InChI=1S/C14H21N3O3S/c1-14(2,7-6-11(18)19)17-12(20)16-13-15-10(8-21-13)9-4-3-5-9/h8-9H,3-7H2,1-2H3,(H,18,19)(H2,15,16,17,20). The van der Waals surface area contributed by atoms with Gasteiger partial charge in [-0.25, -0.2) is 9.78 Å². The fraction of sp³-hybridized carbons (Fsp3) is 0.643. The van der Waals surface area contributed by atoms with Crippen LogP contribution < -0.4 is 10.6 Å². The van der Waals surface area contributed by atoms with E-state index >= 15 is 0 Å². The third-order valence-corrected chi connectivity index (χ3v) is 4.46. The van der Waals surface area contributed by atoms with Crippen molar-refractivity contribution in [1.29, 1.82) is 0 Å². The van der Waals surface area contributed by atoms with Crippen LogP contribution >= 0.6 is 11.3 Å². The monoisotopic (exact) mass is 311 g/mol. The Bertz CT molecular complexity index is 523. The number of rotatable bonds is 6. The van der Waals surface area contributed by atoms with Crippen molar-refractivity contribution in [2.24, 2.45) is 0 Å². The second-order valence-corrected chi connectivity index (χ2v) is 6.92. The van der Waals surface area contributed by atoms with Gasteiger partial charge in [-0.2, -0.15) is 0 Å². The van der Waals surface area contributed by atoms with Gasteiger partial charge in [0.2, 0.25) is 0 Å². The Morgan fingerprint density at radius 3 is 2.76 bits per heavy atom. The lowest BCUT2D eigenvalue weighted by Crippen LogP contribution is -2.45. The van der Waals surface area contributed by atoms with Gasteiger partial charge in [-0.05, 0) is 33.1 Å². The normalized spacial score (nSPS) is 15.3. The zero-order valence-electron chi connectivity index (χ0n) is 12.3. The lowest BCUT2D eigenvalue weighted by Gasteiger charge is -2.25. The van der Waals surface area contributed by atoms with E-state index in [2.05, 4.69) is 15.6 Å². The Balaban J connectivity index is 1.83. The van der Waals surface area contributed by atoms with Crippen molar-refractivity contribution < 1.29 is 14.7 Å². The van der Waals surface area contributed by atoms with Gasteiger partial charge in [0.25, 0.3) is 0 Å². The van der Waals surface area contributed by atoms with E-state index in [9.17, 15) is 9.59 Å². The molecule has 0 aromatic carbocycles. The van der Waals surface area contributed by atoms with E-state index < -0.39 is 11.5 Å². The molecule has 116 valence electrons. The summed E-state index contributed by atoms with van der Waals surface area (Å²) in [7, 11) is 0. The van der Waals surface area contributed by atoms with Crippen LogP contribution in [0.3, 0.4) is 0 Å². The third-order valence-electron chi connectivity index (χ3n) is 3.68. The molecular weight excluding hydrogens is 290 g/mol. The lowest BCUT2D eigenvalue weighted by molar-refractivity contribution is -0.137. The Morgan fingerprint density at radius 1 is 1.48 bits per heavy atom. The minimum Gasteiger partial charge on any atom is -0.481 e. The van der Waals surface area contributed by atoms with Crippen LogP contribution in [-0.2, 0) is 4.79 Å². The Kier molecular flexibility index (Phi) is 4.82. The molecule has 0 saturated heterocycles. The second kappa shape index (κ2) is 6.43. The van der Waals surface area contributed by atoms with Crippen molar-refractivity contribution in [2.45, 2.75) is 57.4 Å². The molecule has 1 heterocycles. The minimum atomic E-state index is -0.865. The average Bonchev–Trinajstić information content (AvgIpc) is 2.71. The molecule has 0 spiro atoms. The molecule has 1 aromatic rings. The number of hydrogen-bond acceptors (Lipinski definition) is 4. The van der Waals surface area contributed by atoms with E-state index in [1.807, 2.05) is 5.38 Å². The first-order valence-electron chi connectivity index (χ1n) is 7.12. The first-order valence-corrected chi connectivity index (χ1v) is 8.00. The fourth-order valence-electron chi connectivity index (χ4n) is 2.15. The summed E-state index contributed by atoms with van der Waals surface area (Å²) in [6.45, 7) is 3.61. The number of nitrogens with one attached hydrogen (secondary N) is 2. The molecule has 6 nitrogen and oxygen atoms in total. The van der Waals surface area contributed by atoms with Gasteiger partial charge in [0.05, 0.1) is 5.69 Å². The van der Waals surface area contributed by atoms with E-state index in [-0.39, 0.29) is 12.5 Å². The number of anilines is 1. The molecule has 1 aromatic heterocycles. The molecule has 1 fully saturated rings. The van der Waals surface area contributed by atoms with Gasteiger partial charge in [0.1, 0.15) is 0 Å². The summed E-state index contributed by atoms with van der Waals surface area (Å²) >= 11 is 1.42. The number of aromatic nitrogens is 1. The molecule has 0 atom stereocenters. The molecule has 0 bridgehead atoms. The van der Waals surface area contributed by atoms with Crippen LogP contribution in [0.5, 0.6) is 0 Å². The highest BCUT2D eigenvalue weighted by molar-refractivity contribution is 7.13. The second-order valence-electron chi connectivity index (χ2n) is 6.06. The van der Waals surface area contributed by atoms with E-state index in [0.29, 0.717) is 17.5 Å². The molecule has 1 saturated carbocycles. The smallest absolute Gasteiger partial charge is 0.321 e. The molecule has 3 N–H and O–H groups in total. The minimum absolute atomic E-state index is 0.0242. The van der Waals surface area contributed by atoms with Crippen molar-refractivity contribution in [3.63, 3.8) is 0 Å². The number of hydrogen-bond donors (Lipinski definition) is 3. The van der Waals surface area contributed by atoms with Gasteiger partial charge in [0, 0.05) is 23.3 Å². The molecule has 0 radical (unpaired) electrons. The maximum atomic E-state index is 11.9. The number of carboxylic acid groups (broad SMARTS) is 1. The molecule has 1 aliphatic carbocycles. The molecule has 0 unspecified atom stereocenters. The molecular formula is C14H21N3O3S. The van der Waals surface area contributed by atoms with Crippen molar-refractivity contribution in [3.05, 3.63) is 11.1 Å². The zero-order valence-corrected chi connectivity index (χ0v) is 13.1. The predicted molar refractivity (Wildman–Crippen MR) is 81.8 cm³/mol. The Labute approximate surface area is 128 Å². The number of carboxylic acids is 1. The van der Waals surface area contributed by atoms with Crippen molar-refractivity contribution in [1.82, 2.24) is 10.3 Å². The van der Waals surface area contributed by atoms with Gasteiger partial charge in [0.15, 0.2) is 5.13 Å². The fourth-order valence-corrected chi connectivity index (χ4v) is 2.94. The average molecular weight is 311 g/mol. The number of thiazole rings is 1. The van der Waals surface area contributed by atoms with Gasteiger partial charge >= 0.3 is 12.0 Å². The quantitative estimate of drug-likeness (QED) is 0.752. The first-order chi connectivity index (χ1) is 9.85. The number of carbonyl (C=O) groups is 2. The lowest BCUT2D eigenvalue weighted by atomic mass is 9.83. The van der Waals surface area contributed by atoms with E-state index in [0.717, 1.165) is 5.69 Å². The summed E-state index contributed by atoms with van der Waals surface area (Å²) in [6.07, 6.45) is 4.01. The van der Waals surface area contributed by atoms with Crippen LogP contribution in [0, 0.1) is 0 Å². The summed E-state index contributed by atoms with van der Waals surface area (Å²) in [5, 5.41) is 16.8. The predicted octanol–water partition coefficient (Wildman–Crippen LogP) is 3.18. The number of urea groups is 1. The number of aliphatic carboxylic acids is 1. The summed E-state index contributed by atoms with van der Waals surface area (Å²) in [4.78, 5) is 26.9. The van der Waals surface area contributed by atoms with Crippen molar-refractivity contribution in [2.75, 3.05) is 5.32 Å². The number of carbonyl (C=O) groups excluding carboxylic acids is 1. The van der Waals surface area contributed by atoms with E-state index in [4.69, 9.17) is 5.11 Å². The van der Waals surface area contributed by atoms with Crippen LogP contribution in [-0.4, -0.2) is 27.6 Å². The van der Waals surface area contributed by atoms with Crippen LogP contribution in [0.25, 0.3) is 0 Å². The van der Waals surface area contributed by atoms with Gasteiger partial charge in [-0.15, -0.1) is 11.3 Å². The Morgan fingerprint density at radius 2 is 2.19 bits per heavy atom. The molecule has 2 rings (SSSR count). The van der Waals surface area contributed by atoms with Crippen molar-refractivity contribution >= 4 is 28.5 Å². The number of amides is 2. The van der Waals surface area contributed by atoms with E-state index in [1.54, 1.807) is 13.8 Å². The Hall–Kier alpha value is -1.63. The summed E-state index contributed by atoms with van der Waals surface area (Å²) in [6, 6.07) is -0.347. The summed E-state index contributed by atoms with van der Waals surface area (Å²) < 4.78 is 0. The van der Waals surface area contributed by atoms with Crippen LogP contribution in [0.4, 0.5) is 9.93 Å². The zero-order chi connectivity index (χ0) is 15.5. The first kappa shape index (κ1) is 15.8. The summed E-state index contributed by atoms with van der Waals surface area (Å²) in [5.41, 5.74) is 0.489. The third kappa shape index (κ3) is 4.70. The molecule has 21 heavy (non-hydrogen) atoms. The maximum Gasteiger partial charge on any atom is 0.321 e. The van der Waals surface area contributed by atoms with Crippen LogP contribution in [0.15, 0.2) is 5.38 Å². The number of nitrogens with zero attached hydrogens (tertiary/aromatic N) is 1. The highest BCUT2D eigenvalue weighted by atomic mass is 32.1. The molecule has 1 aliphatic rings.